The molecule has 0 heterocycles. The number of benzene rings is 2. The Labute approximate surface area is 125 Å². The second-order valence-corrected chi connectivity index (χ2v) is 5.22. The van der Waals surface area contributed by atoms with Gasteiger partial charge in [0.05, 0.1) is 0 Å². The highest BCUT2D eigenvalue weighted by atomic mass is 35.5. The van der Waals surface area contributed by atoms with Crippen LogP contribution in [-0.4, -0.2) is 5.24 Å². The number of rotatable bonds is 4. The van der Waals surface area contributed by atoms with Gasteiger partial charge in [0.15, 0.2) is 0 Å². The van der Waals surface area contributed by atoms with E-state index in [4.69, 9.17) is 23.2 Å². The lowest BCUT2D eigenvalue weighted by atomic mass is 9.89. The topological polar surface area (TPSA) is 17.1 Å². The Hall–Kier alpha value is -1.45. The maximum Gasteiger partial charge on any atom is 0.222 e. The van der Waals surface area contributed by atoms with E-state index < -0.39 is 22.8 Å². The Kier molecular flexibility index (Phi) is 4.73. The molecule has 1 nitrogen and oxygen atoms in total. The molecular formula is C15H10Cl2F2O. The molecule has 0 aromatic heterocycles. The van der Waals surface area contributed by atoms with Crippen LogP contribution in [0.1, 0.15) is 23.5 Å². The summed E-state index contributed by atoms with van der Waals surface area (Å²) in [4.78, 5) is 11.2. The summed E-state index contributed by atoms with van der Waals surface area (Å²) in [5.74, 6) is -1.90. The van der Waals surface area contributed by atoms with Crippen molar-refractivity contribution < 1.29 is 13.6 Å². The Bertz CT molecular complexity index is 606. The SMILES string of the molecule is O=C(Cl)C[C@@H](c1ccc(Cl)cc1)c1cc(F)cc(F)c1. The van der Waals surface area contributed by atoms with Crippen LogP contribution in [0.15, 0.2) is 42.5 Å². The van der Waals surface area contributed by atoms with Gasteiger partial charge >= 0.3 is 0 Å². The Morgan fingerprint density at radius 3 is 2.05 bits per heavy atom. The maximum absolute atomic E-state index is 13.3. The fraction of sp³-hybridized carbons (Fsp3) is 0.133. The van der Waals surface area contributed by atoms with Crippen LogP contribution in [0.2, 0.25) is 5.02 Å². The van der Waals surface area contributed by atoms with Gasteiger partial charge in [0.1, 0.15) is 11.6 Å². The number of hydrogen-bond acceptors (Lipinski definition) is 1. The number of carbonyl (C=O) groups is 1. The second-order valence-electron chi connectivity index (χ2n) is 4.37. The van der Waals surface area contributed by atoms with Crippen molar-refractivity contribution in [1.82, 2.24) is 0 Å². The summed E-state index contributed by atoms with van der Waals surface area (Å²) < 4.78 is 26.7. The quantitative estimate of drug-likeness (QED) is 0.733. The standard InChI is InChI=1S/C15H10Cl2F2O/c16-11-3-1-9(2-4-11)14(8-15(17)20)10-5-12(18)7-13(19)6-10/h1-7,14H,8H2/t14-/m0/s1. The van der Waals surface area contributed by atoms with Crippen LogP contribution in [0.4, 0.5) is 8.78 Å². The smallest absolute Gasteiger partial charge is 0.222 e. The Balaban J connectivity index is 2.46. The fourth-order valence-electron chi connectivity index (χ4n) is 2.06. The van der Waals surface area contributed by atoms with E-state index in [1.807, 2.05) is 0 Å². The van der Waals surface area contributed by atoms with E-state index >= 15 is 0 Å². The zero-order chi connectivity index (χ0) is 14.7. The third kappa shape index (κ3) is 3.78. The van der Waals surface area contributed by atoms with Crippen molar-refractivity contribution in [3.05, 3.63) is 70.2 Å². The van der Waals surface area contributed by atoms with Crippen LogP contribution in [0.25, 0.3) is 0 Å². The molecule has 0 spiro atoms. The van der Waals surface area contributed by atoms with Crippen molar-refractivity contribution >= 4 is 28.4 Å². The van der Waals surface area contributed by atoms with Crippen LogP contribution in [0, 0.1) is 11.6 Å². The zero-order valence-electron chi connectivity index (χ0n) is 10.2. The first-order valence-electron chi connectivity index (χ1n) is 5.85. The van der Waals surface area contributed by atoms with Crippen molar-refractivity contribution in [2.24, 2.45) is 0 Å². The monoisotopic (exact) mass is 314 g/mol. The van der Waals surface area contributed by atoms with Gasteiger partial charge in [0.25, 0.3) is 0 Å². The van der Waals surface area contributed by atoms with Crippen LogP contribution in [0.3, 0.4) is 0 Å². The highest BCUT2D eigenvalue weighted by Gasteiger charge is 2.19. The normalized spacial score (nSPS) is 12.2. The van der Waals surface area contributed by atoms with E-state index in [1.54, 1.807) is 24.3 Å². The summed E-state index contributed by atoms with van der Waals surface area (Å²) in [5.41, 5.74) is 1.08. The molecule has 0 radical (unpaired) electrons. The molecule has 0 aliphatic heterocycles. The Morgan fingerprint density at radius 1 is 1.00 bits per heavy atom. The second kappa shape index (κ2) is 6.33. The molecule has 2 rings (SSSR count). The molecule has 0 saturated carbocycles. The first kappa shape index (κ1) is 14.9. The van der Waals surface area contributed by atoms with E-state index in [2.05, 4.69) is 0 Å². The average molecular weight is 315 g/mol. The van der Waals surface area contributed by atoms with E-state index in [1.165, 1.54) is 12.1 Å². The molecule has 0 bridgehead atoms. The molecule has 0 fully saturated rings. The van der Waals surface area contributed by atoms with E-state index in [0.29, 0.717) is 16.1 Å². The summed E-state index contributed by atoms with van der Waals surface area (Å²) in [7, 11) is 0. The molecule has 1 atom stereocenters. The highest BCUT2D eigenvalue weighted by Crippen LogP contribution is 2.30. The van der Waals surface area contributed by atoms with Crippen LogP contribution >= 0.6 is 23.2 Å². The van der Waals surface area contributed by atoms with Gasteiger partial charge in [0.2, 0.25) is 5.24 Å². The lowest BCUT2D eigenvalue weighted by Crippen LogP contribution is -2.06. The highest BCUT2D eigenvalue weighted by molar-refractivity contribution is 6.63. The molecule has 2 aromatic carbocycles. The minimum atomic E-state index is -0.694. The van der Waals surface area contributed by atoms with Gasteiger partial charge in [-0.3, -0.25) is 4.79 Å². The van der Waals surface area contributed by atoms with Gasteiger partial charge in [-0.25, -0.2) is 8.78 Å². The van der Waals surface area contributed by atoms with Crippen LogP contribution < -0.4 is 0 Å². The molecule has 104 valence electrons. The lowest BCUT2D eigenvalue weighted by molar-refractivity contribution is -0.111. The average Bonchev–Trinajstić information content (AvgIpc) is 2.35. The lowest BCUT2D eigenvalue weighted by Gasteiger charge is -2.16. The Morgan fingerprint density at radius 2 is 1.55 bits per heavy atom. The molecule has 0 aliphatic carbocycles. The first-order chi connectivity index (χ1) is 9.45. The van der Waals surface area contributed by atoms with E-state index in [0.717, 1.165) is 6.07 Å². The molecule has 0 N–H and O–H groups in total. The molecule has 2 aromatic rings. The van der Waals surface area contributed by atoms with E-state index in [-0.39, 0.29) is 6.42 Å². The molecule has 5 heteroatoms. The summed E-state index contributed by atoms with van der Waals surface area (Å²) in [6.45, 7) is 0. The minimum Gasteiger partial charge on any atom is -0.281 e. The molecule has 0 aliphatic rings. The molecular weight excluding hydrogens is 305 g/mol. The molecule has 0 saturated heterocycles. The van der Waals surface area contributed by atoms with Gasteiger partial charge in [-0.05, 0) is 47.0 Å². The summed E-state index contributed by atoms with van der Waals surface area (Å²) in [5, 5.41) is -0.0373. The minimum absolute atomic E-state index is 0.0495. The van der Waals surface area contributed by atoms with Gasteiger partial charge in [-0.15, -0.1) is 0 Å². The maximum atomic E-state index is 13.3. The first-order valence-corrected chi connectivity index (χ1v) is 6.61. The van der Waals surface area contributed by atoms with Gasteiger partial charge in [0, 0.05) is 23.4 Å². The molecule has 0 amide bonds. The van der Waals surface area contributed by atoms with Gasteiger partial charge in [-0.1, -0.05) is 23.7 Å². The van der Waals surface area contributed by atoms with Crippen LogP contribution in [-0.2, 0) is 4.79 Å². The van der Waals surface area contributed by atoms with Crippen molar-refractivity contribution in [3.63, 3.8) is 0 Å². The van der Waals surface area contributed by atoms with Crippen molar-refractivity contribution in [3.8, 4) is 0 Å². The molecule has 20 heavy (non-hydrogen) atoms. The zero-order valence-corrected chi connectivity index (χ0v) is 11.8. The van der Waals surface area contributed by atoms with Crippen molar-refractivity contribution in [2.75, 3.05) is 0 Å². The van der Waals surface area contributed by atoms with Crippen molar-refractivity contribution in [2.45, 2.75) is 12.3 Å². The fourth-order valence-corrected chi connectivity index (χ4v) is 2.34. The summed E-state index contributed by atoms with van der Waals surface area (Å²) in [6.07, 6.45) is -0.0495. The van der Waals surface area contributed by atoms with Gasteiger partial charge in [-0.2, -0.15) is 0 Å². The third-order valence-corrected chi connectivity index (χ3v) is 3.33. The number of halogens is 4. The van der Waals surface area contributed by atoms with E-state index in [9.17, 15) is 13.6 Å². The largest absolute Gasteiger partial charge is 0.281 e. The predicted molar refractivity (Wildman–Crippen MR) is 75.1 cm³/mol. The van der Waals surface area contributed by atoms with Crippen LogP contribution in [0.5, 0.6) is 0 Å². The van der Waals surface area contributed by atoms with Gasteiger partial charge < -0.3 is 0 Å². The molecule has 0 unspecified atom stereocenters. The number of hydrogen-bond donors (Lipinski definition) is 0. The number of carbonyl (C=O) groups excluding carboxylic acids is 1. The predicted octanol–water partition coefficient (Wildman–Crippen LogP) is 4.91. The summed E-state index contributed by atoms with van der Waals surface area (Å²) in [6, 6.07) is 9.89. The third-order valence-electron chi connectivity index (χ3n) is 2.92. The van der Waals surface area contributed by atoms with Crippen molar-refractivity contribution in [1.29, 1.82) is 0 Å². The summed E-state index contributed by atoms with van der Waals surface area (Å²) >= 11 is 11.2.